The second-order valence-electron chi connectivity index (χ2n) is 6.61. The van der Waals surface area contributed by atoms with Crippen LogP contribution in [0.4, 0.5) is 5.69 Å². The number of anilines is 1. The molecule has 2 aromatic carbocycles. The maximum atomic E-state index is 12.0. The predicted octanol–water partition coefficient (Wildman–Crippen LogP) is 2.43. The number of carbonyl (C=O) groups is 3. The summed E-state index contributed by atoms with van der Waals surface area (Å²) in [6.45, 7) is 1.59. The first-order valence-electron chi connectivity index (χ1n) is 9.42. The van der Waals surface area contributed by atoms with Crippen LogP contribution in [0.2, 0.25) is 5.02 Å². The van der Waals surface area contributed by atoms with Crippen LogP contribution in [0.5, 0.6) is 5.75 Å². The summed E-state index contributed by atoms with van der Waals surface area (Å²) in [5, 5.41) is 6.63. The number of carbonyl (C=O) groups excluding carboxylic acids is 3. The molecule has 0 saturated carbocycles. The second-order valence-corrected chi connectivity index (χ2v) is 7.05. The summed E-state index contributed by atoms with van der Waals surface area (Å²) in [6.07, 6.45) is 3.47. The van der Waals surface area contributed by atoms with Gasteiger partial charge in [-0.2, -0.15) is 5.10 Å². The van der Waals surface area contributed by atoms with Gasteiger partial charge in [0, 0.05) is 23.8 Å². The van der Waals surface area contributed by atoms with Gasteiger partial charge in [0.1, 0.15) is 5.75 Å². The van der Waals surface area contributed by atoms with Crippen molar-refractivity contribution in [3.63, 3.8) is 0 Å². The zero-order valence-corrected chi connectivity index (χ0v) is 16.9. The van der Waals surface area contributed by atoms with E-state index in [0.717, 1.165) is 25.9 Å². The van der Waals surface area contributed by atoms with Crippen molar-refractivity contribution in [1.29, 1.82) is 0 Å². The maximum Gasteiger partial charge on any atom is 0.329 e. The normalized spacial score (nSPS) is 13.3. The number of halogens is 1. The van der Waals surface area contributed by atoms with Crippen molar-refractivity contribution in [3.8, 4) is 5.75 Å². The van der Waals surface area contributed by atoms with Crippen molar-refractivity contribution >= 4 is 41.2 Å². The molecule has 1 heterocycles. The molecule has 0 radical (unpaired) electrons. The van der Waals surface area contributed by atoms with Gasteiger partial charge < -0.3 is 15.0 Å². The van der Waals surface area contributed by atoms with Crippen molar-refractivity contribution < 1.29 is 19.1 Å². The Balaban J connectivity index is 1.43. The van der Waals surface area contributed by atoms with Gasteiger partial charge in [-0.1, -0.05) is 17.7 Å². The third-order valence-corrected chi connectivity index (χ3v) is 4.60. The van der Waals surface area contributed by atoms with Crippen molar-refractivity contribution in [1.82, 2.24) is 10.3 Å². The summed E-state index contributed by atoms with van der Waals surface area (Å²) in [5.74, 6) is -1.23. The van der Waals surface area contributed by atoms with E-state index in [9.17, 15) is 14.4 Å². The maximum absolute atomic E-state index is 12.0. The van der Waals surface area contributed by atoms with Crippen LogP contribution in [0.1, 0.15) is 18.4 Å². The van der Waals surface area contributed by atoms with Gasteiger partial charge in [-0.15, -0.1) is 0 Å². The van der Waals surface area contributed by atoms with Crippen LogP contribution in [-0.2, 0) is 14.4 Å². The average molecular weight is 429 g/mol. The number of nitrogens with one attached hydrogen (secondary N) is 2. The lowest BCUT2D eigenvalue weighted by Crippen LogP contribution is -2.32. The Labute approximate surface area is 178 Å². The number of benzene rings is 2. The average Bonchev–Trinajstić information content (AvgIpc) is 3.28. The van der Waals surface area contributed by atoms with Gasteiger partial charge in [-0.3, -0.25) is 14.4 Å². The molecule has 9 heteroatoms. The van der Waals surface area contributed by atoms with Crippen molar-refractivity contribution in [2.45, 2.75) is 12.8 Å². The van der Waals surface area contributed by atoms with Crippen LogP contribution in [0.3, 0.4) is 0 Å². The van der Waals surface area contributed by atoms with E-state index in [-0.39, 0.29) is 12.5 Å². The van der Waals surface area contributed by atoms with Gasteiger partial charge in [0.15, 0.2) is 6.61 Å². The van der Waals surface area contributed by atoms with Crippen LogP contribution in [0, 0.1) is 0 Å². The molecule has 2 N–H and O–H groups in total. The lowest BCUT2D eigenvalue weighted by atomic mass is 10.2. The van der Waals surface area contributed by atoms with Crippen LogP contribution >= 0.6 is 11.6 Å². The molecule has 3 amide bonds. The minimum atomic E-state index is -0.911. The molecule has 1 aliphatic rings. The Morgan fingerprint density at radius 2 is 1.80 bits per heavy atom. The largest absolute Gasteiger partial charge is 0.484 e. The van der Waals surface area contributed by atoms with Gasteiger partial charge in [-0.25, -0.2) is 5.43 Å². The summed E-state index contributed by atoms with van der Waals surface area (Å²) in [5.41, 5.74) is 3.25. The molecule has 0 bridgehead atoms. The van der Waals surface area contributed by atoms with Crippen LogP contribution in [0.25, 0.3) is 0 Å². The fraction of sp³-hybridized carbons (Fsp3) is 0.238. The lowest BCUT2D eigenvalue weighted by Gasteiger charge is -2.15. The van der Waals surface area contributed by atoms with Crippen molar-refractivity contribution in [3.05, 3.63) is 59.1 Å². The number of nitrogens with zero attached hydrogens (tertiary/aromatic N) is 2. The van der Waals surface area contributed by atoms with E-state index >= 15 is 0 Å². The SMILES string of the molecule is O=C(N/N=C\c1ccc(OCC(=O)N2CCCC2)cc1)C(=O)Nc1cccc(Cl)c1. The minimum absolute atomic E-state index is 0.00519. The highest BCUT2D eigenvalue weighted by Crippen LogP contribution is 2.15. The molecule has 0 atom stereocenters. The quantitative estimate of drug-likeness (QED) is 0.419. The Hall–Kier alpha value is -3.39. The van der Waals surface area contributed by atoms with E-state index in [2.05, 4.69) is 15.8 Å². The molecule has 3 rings (SSSR count). The first-order valence-corrected chi connectivity index (χ1v) is 9.79. The number of rotatable bonds is 6. The predicted molar refractivity (Wildman–Crippen MR) is 114 cm³/mol. The number of hydrogen-bond donors (Lipinski definition) is 2. The summed E-state index contributed by atoms with van der Waals surface area (Å²) in [7, 11) is 0. The fourth-order valence-electron chi connectivity index (χ4n) is 2.82. The minimum Gasteiger partial charge on any atom is -0.484 e. The van der Waals surface area contributed by atoms with E-state index in [4.69, 9.17) is 16.3 Å². The van der Waals surface area contributed by atoms with Crippen molar-refractivity contribution in [2.24, 2.45) is 5.10 Å². The number of hydrogen-bond acceptors (Lipinski definition) is 5. The van der Waals surface area contributed by atoms with E-state index in [1.807, 2.05) is 0 Å². The van der Waals surface area contributed by atoms with Gasteiger partial charge in [0.05, 0.1) is 6.21 Å². The topological polar surface area (TPSA) is 100 Å². The molecule has 1 saturated heterocycles. The molecule has 0 aromatic heterocycles. The first kappa shape index (κ1) is 21.3. The van der Waals surface area contributed by atoms with E-state index < -0.39 is 11.8 Å². The Bertz CT molecular complexity index is 940. The lowest BCUT2D eigenvalue weighted by molar-refractivity contribution is -0.136. The molecule has 1 aliphatic heterocycles. The Kier molecular flexibility index (Phi) is 7.40. The molecular weight excluding hydrogens is 408 g/mol. The fourth-order valence-corrected chi connectivity index (χ4v) is 3.01. The van der Waals surface area contributed by atoms with Gasteiger partial charge in [0.2, 0.25) is 0 Å². The number of likely N-dealkylation sites (tertiary alicyclic amines) is 1. The molecule has 1 fully saturated rings. The summed E-state index contributed by atoms with van der Waals surface area (Å²) in [4.78, 5) is 37.4. The third kappa shape index (κ3) is 6.31. The molecule has 156 valence electrons. The van der Waals surface area contributed by atoms with Gasteiger partial charge in [-0.05, 0) is 60.9 Å². The number of amides is 3. The number of ether oxygens (including phenoxy) is 1. The molecule has 2 aromatic rings. The third-order valence-electron chi connectivity index (χ3n) is 4.37. The monoisotopic (exact) mass is 428 g/mol. The smallest absolute Gasteiger partial charge is 0.329 e. The van der Waals surface area contributed by atoms with Gasteiger partial charge in [0.25, 0.3) is 5.91 Å². The highest BCUT2D eigenvalue weighted by Gasteiger charge is 2.18. The summed E-state index contributed by atoms with van der Waals surface area (Å²) >= 11 is 5.83. The molecule has 0 aliphatic carbocycles. The molecule has 0 spiro atoms. The van der Waals surface area contributed by atoms with Crippen LogP contribution in [0.15, 0.2) is 53.6 Å². The first-order chi connectivity index (χ1) is 14.5. The molecule has 0 unspecified atom stereocenters. The molecular formula is C21H21ClN4O4. The number of hydrazone groups is 1. The Morgan fingerprint density at radius 1 is 1.07 bits per heavy atom. The zero-order chi connectivity index (χ0) is 21.3. The Morgan fingerprint density at radius 3 is 2.50 bits per heavy atom. The molecule has 8 nitrogen and oxygen atoms in total. The highest BCUT2D eigenvalue weighted by molar-refractivity contribution is 6.39. The van der Waals surface area contributed by atoms with E-state index in [1.54, 1.807) is 47.4 Å². The van der Waals surface area contributed by atoms with Crippen LogP contribution in [-0.4, -0.2) is 48.5 Å². The molecule has 30 heavy (non-hydrogen) atoms. The van der Waals surface area contributed by atoms with E-state index in [1.165, 1.54) is 12.3 Å². The van der Waals surface area contributed by atoms with E-state index in [0.29, 0.717) is 22.0 Å². The summed E-state index contributed by atoms with van der Waals surface area (Å²) < 4.78 is 5.51. The standard InChI is InChI=1S/C21H21ClN4O4/c22-16-4-3-5-17(12-16)24-20(28)21(29)25-23-13-15-6-8-18(9-7-15)30-14-19(27)26-10-1-2-11-26/h3-9,12-13H,1-2,10-11,14H2,(H,24,28)(H,25,29)/b23-13-. The zero-order valence-electron chi connectivity index (χ0n) is 16.1. The van der Waals surface area contributed by atoms with Gasteiger partial charge >= 0.3 is 11.8 Å². The van der Waals surface area contributed by atoms with Crippen LogP contribution < -0.4 is 15.5 Å². The van der Waals surface area contributed by atoms with Crippen molar-refractivity contribution in [2.75, 3.05) is 25.0 Å². The second kappa shape index (κ2) is 10.4. The summed E-state index contributed by atoms with van der Waals surface area (Å²) in [6, 6.07) is 13.3. The highest BCUT2D eigenvalue weighted by atomic mass is 35.5.